The molecule has 1 amide bonds. The van der Waals surface area contributed by atoms with Crippen LogP contribution in [-0.2, 0) is 0 Å². The first-order valence-electron chi connectivity index (χ1n) is 9.03. The predicted octanol–water partition coefficient (Wildman–Crippen LogP) is 4.19. The number of rotatable bonds is 7. The molecule has 0 unspecified atom stereocenters. The second-order valence-electron chi connectivity index (χ2n) is 6.30. The van der Waals surface area contributed by atoms with Gasteiger partial charge < -0.3 is 10.6 Å². The standard InChI is InChI=1S/C21H26N4OS/c1-4-5-13-22-21(27)25(3)23-15-17-7-6-8-19(14-17)24-20(26)18-11-9-16(2)10-12-18/h6-12,14-15H,4-5,13H2,1-3H3,(H,22,27)(H,24,26)/b23-15+. The highest BCUT2D eigenvalue weighted by molar-refractivity contribution is 7.80. The lowest BCUT2D eigenvalue weighted by molar-refractivity contribution is 0.102. The number of nitrogens with one attached hydrogen (secondary N) is 2. The van der Waals surface area contributed by atoms with Gasteiger partial charge in [0, 0.05) is 24.8 Å². The topological polar surface area (TPSA) is 56.7 Å². The molecule has 0 radical (unpaired) electrons. The average Bonchev–Trinajstić information content (AvgIpc) is 2.67. The molecule has 27 heavy (non-hydrogen) atoms. The van der Waals surface area contributed by atoms with Gasteiger partial charge in [0.25, 0.3) is 5.91 Å². The Morgan fingerprint density at radius 1 is 1.22 bits per heavy atom. The van der Waals surface area contributed by atoms with Gasteiger partial charge in [-0.2, -0.15) is 5.10 Å². The van der Waals surface area contributed by atoms with Crippen LogP contribution in [0.25, 0.3) is 0 Å². The lowest BCUT2D eigenvalue weighted by Gasteiger charge is -2.15. The van der Waals surface area contributed by atoms with Crippen molar-refractivity contribution in [3.05, 3.63) is 65.2 Å². The molecule has 2 aromatic rings. The summed E-state index contributed by atoms with van der Waals surface area (Å²) in [7, 11) is 1.81. The van der Waals surface area contributed by atoms with Gasteiger partial charge in [0.15, 0.2) is 5.11 Å². The number of benzene rings is 2. The van der Waals surface area contributed by atoms with Crippen LogP contribution >= 0.6 is 12.2 Å². The first kappa shape index (κ1) is 20.6. The molecule has 142 valence electrons. The second-order valence-corrected chi connectivity index (χ2v) is 6.69. The molecule has 0 saturated heterocycles. The monoisotopic (exact) mass is 382 g/mol. The summed E-state index contributed by atoms with van der Waals surface area (Å²) in [6.45, 7) is 4.97. The SMILES string of the molecule is CCCCNC(=S)N(C)/N=C/c1cccc(NC(=O)c2ccc(C)cc2)c1. The van der Waals surface area contributed by atoms with Crippen molar-refractivity contribution in [3.8, 4) is 0 Å². The van der Waals surface area contributed by atoms with Crippen molar-refractivity contribution in [2.24, 2.45) is 5.10 Å². The van der Waals surface area contributed by atoms with Gasteiger partial charge in [-0.1, -0.05) is 43.2 Å². The van der Waals surface area contributed by atoms with Crippen LogP contribution < -0.4 is 10.6 Å². The number of aryl methyl sites for hydroxylation is 1. The quantitative estimate of drug-likeness (QED) is 0.326. The number of hydrogen-bond donors (Lipinski definition) is 2. The Balaban J connectivity index is 1.97. The molecule has 2 aromatic carbocycles. The predicted molar refractivity (Wildman–Crippen MR) is 116 cm³/mol. The van der Waals surface area contributed by atoms with E-state index in [0.717, 1.165) is 36.2 Å². The highest BCUT2D eigenvalue weighted by atomic mass is 32.1. The zero-order chi connectivity index (χ0) is 19.6. The average molecular weight is 383 g/mol. The van der Waals surface area contributed by atoms with Crippen LogP contribution in [0.2, 0.25) is 0 Å². The zero-order valence-corrected chi connectivity index (χ0v) is 16.8. The molecular weight excluding hydrogens is 356 g/mol. The highest BCUT2D eigenvalue weighted by Gasteiger charge is 2.06. The van der Waals surface area contributed by atoms with Gasteiger partial charge in [-0.3, -0.25) is 4.79 Å². The summed E-state index contributed by atoms with van der Waals surface area (Å²) in [5, 5.41) is 12.6. The minimum atomic E-state index is -0.137. The molecular formula is C21H26N4OS. The van der Waals surface area contributed by atoms with Crippen molar-refractivity contribution in [1.82, 2.24) is 10.3 Å². The van der Waals surface area contributed by atoms with E-state index in [1.165, 1.54) is 0 Å². The maximum absolute atomic E-state index is 12.3. The van der Waals surface area contributed by atoms with Gasteiger partial charge in [0.2, 0.25) is 0 Å². The summed E-state index contributed by atoms with van der Waals surface area (Å²) in [6.07, 6.45) is 3.90. The van der Waals surface area contributed by atoms with Gasteiger partial charge in [-0.15, -0.1) is 0 Å². The fourth-order valence-corrected chi connectivity index (χ4v) is 2.45. The first-order chi connectivity index (χ1) is 13.0. The number of hydrogen-bond acceptors (Lipinski definition) is 3. The number of unbranched alkanes of at least 4 members (excludes halogenated alkanes) is 1. The maximum atomic E-state index is 12.3. The van der Waals surface area contributed by atoms with Crippen LogP contribution in [0.15, 0.2) is 53.6 Å². The van der Waals surface area contributed by atoms with Crippen molar-refractivity contribution < 1.29 is 4.79 Å². The molecule has 2 N–H and O–H groups in total. The summed E-state index contributed by atoms with van der Waals surface area (Å²) in [5.74, 6) is -0.137. The zero-order valence-electron chi connectivity index (χ0n) is 16.0. The lowest BCUT2D eigenvalue weighted by Crippen LogP contribution is -2.34. The van der Waals surface area contributed by atoms with E-state index >= 15 is 0 Å². The number of hydrazone groups is 1. The highest BCUT2D eigenvalue weighted by Crippen LogP contribution is 2.12. The van der Waals surface area contributed by atoms with Crippen molar-refractivity contribution in [2.75, 3.05) is 18.9 Å². The first-order valence-corrected chi connectivity index (χ1v) is 9.44. The van der Waals surface area contributed by atoms with Gasteiger partial charge in [0.1, 0.15) is 0 Å². The Kier molecular flexibility index (Phi) is 7.95. The Morgan fingerprint density at radius 3 is 2.67 bits per heavy atom. The van der Waals surface area contributed by atoms with Crippen LogP contribution in [0.3, 0.4) is 0 Å². The van der Waals surface area contributed by atoms with Crippen molar-refractivity contribution in [1.29, 1.82) is 0 Å². The van der Waals surface area contributed by atoms with Crippen LogP contribution in [0.5, 0.6) is 0 Å². The van der Waals surface area contributed by atoms with Crippen molar-refractivity contribution >= 4 is 35.1 Å². The van der Waals surface area contributed by atoms with Gasteiger partial charge in [0.05, 0.1) is 6.21 Å². The van der Waals surface area contributed by atoms with Crippen LogP contribution in [0.1, 0.15) is 41.3 Å². The molecule has 0 bridgehead atoms. The molecule has 6 heteroatoms. The molecule has 0 fully saturated rings. The Bertz CT molecular complexity index is 802. The van der Waals surface area contributed by atoms with Crippen LogP contribution in [-0.4, -0.2) is 35.8 Å². The molecule has 0 aliphatic rings. The number of carbonyl (C=O) groups is 1. The van der Waals surface area contributed by atoms with E-state index in [4.69, 9.17) is 12.2 Å². The summed E-state index contributed by atoms with van der Waals surface area (Å²) in [6, 6.07) is 15.0. The lowest BCUT2D eigenvalue weighted by atomic mass is 10.1. The Hall–Kier alpha value is -2.73. The molecule has 0 aromatic heterocycles. The third-order valence-corrected chi connectivity index (χ3v) is 4.35. The van der Waals surface area contributed by atoms with E-state index in [1.807, 2.05) is 55.5 Å². The number of nitrogens with zero attached hydrogens (tertiary/aromatic N) is 2. The summed E-state index contributed by atoms with van der Waals surface area (Å²) in [5.41, 5.74) is 3.34. The summed E-state index contributed by atoms with van der Waals surface area (Å²) in [4.78, 5) is 12.3. The van der Waals surface area contributed by atoms with E-state index in [-0.39, 0.29) is 5.91 Å². The third-order valence-electron chi connectivity index (χ3n) is 3.94. The fourth-order valence-electron chi connectivity index (χ4n) is 2.30. The second kappa shape index (κ2) is 10.4. The van der Waals surface area contributed by atoms with E-state index in [9.17, 15) is 4.79 Å². The summed E-state index contributed by atoms with van der Waals surface area (Å²) < 4.78 is 0. The third kappa shape index (κ3) is 6.83. The minimum absolute atomic E-state index is 0.137. The van der Waals surface area contributed by atoms with Gasteiger partial charge in [-0.05, 0) is 55.4 Å². The molecule has 0 aliphatic carbocycles. The molecule has 0 atom stereocenters. The van der Waals surface area contributed by atoms with Crippen LogP contribution in [0.4, 0.5) is 5.69 Å². The molecule has 0 spiro atoms. The molecule has 5 nitrogen and oxygen atoms in total. The summed E-state index contributed by atoms with van der Waals surface area (Å²) >= 11 is 5.30. The van der Waals surface area contributed by atoms with Crippen LogP contribution in [0, 0.1) is 6.92 Å². The minimum Gasteiger partial charge on any atom is -0.361 e. The van der Waals surface area contributed by atoms with E-state index in [1.54, 1.807) is 18.3 Å². The Labute approximate surface area is 166 Å². The number of amides is 1. The largest absolute Gasteiger partial charge is 0.361 e. The van der Waals surface area contributed by atoms with Gasteiger partial charge in [-0.25, -0.2) is 5.01 Å². The maximum Gasteiger partial charge on any atom is 0.255 e. The molecule has 0 saturated carbocycles. The number of thiocarbonyl (C=S) groups is 1. The normalized spacial score (nSPS) is 10.6. The van der Waals surface area contributed by atoms with Gasteiger partial charge >= 0.3 is 0 Å². The molecule has 0 aliphatic heterocycles. The van der Waals surface area contributed by atoms with E-state index in [2.05, 4.69) is 22.7 Å². The van der Waals surface area contributed by atoms with Crippen molar-refractivity contribution in [2.45, 2.75) is 26.7 Å². The van der Waals surface area contributed by atoms with Crippen molar-refractivity contribution in [3.63, 3.8) is 0 Å². The van der Waals surface area contributed by atoms with E-state index < -0.39 is 0 Å². The molecule has 0 heterocycles. The molecule has 2 rings (SSSR count). The van der Waals surface area contributed by atoms with E-state index in [0.29, 0.717) is 10.7 Å². The number of carbonyl (C=O) groups excluding carboxylic acids is 1. The fraction of sp³-hybridized carbons (Fsp3) is 0.286. The Morgan fingerprint density at radius 2 is 1.96 bits per heavy atom. The number of anilines is 1. The smallest absolute Gasteiger partial charge is 0.255 e.